The number of benzene rings is 2. The average Bonchev–Trinajstić information content (AvgIpc) is 2.37. The van der Waals surface area contributed by atoms with Gasteiger partial charge in [0, 0.05) is 11.8 Å². The maximum absolute atomic E-state index is 13.0. The Labute approximate surface area is 105 Å². The third-order valence-electron chi connectivity index (χ3n) is 2.47. The molecule has 0 radical (unpaired) electrons. The van der Waals surface area contributed by atoms with Gasteiger partial charge in [0.2, 0.25) is 0 Å². The van der Waals surface area contributed by atoms with E-state index in [0.717, 1.165) is 5.56 Å². The second kappa shape index (κ2) is 5.40. The third-order valence-corrected chi connectivity index (χ3v) is 2.47. The molecular formula is C14H14FNO2. The predicted molar refractivity (Wildman–Crippen MR) is 68.1 cm³/mol. The van der Waals surface area contributed by atoms with Crippen molar-refractivity contribution in [3.05, 3.63) is 53.8 Å². The summed E-state index contributed by atoms with van der Waals surface area (Å²) < 4.78 is 23.7. The summed E-state index contributed by atoms with van der Waals surface area (Å²) in [5.41, 5.74) is 7.02. The van der Waals surface area contributed by atoms with Gasteiger partial charge in [0.15, 0.2) is 11.5 Å². The first-order valence-electron chi connectivity index (χ1n) is 5.50. The molecule has 0 saturated carbocycles. The summed E-state index contributed by atoms with van der Waals surface area (Å²) in [7, 11) is 1.56. The van der Waals surface area contributed by atoms with Gasteiger partial charge in [-0.05, 0) is 29.8 Å². The fraction of sp³-hybridized carbons (Fsp3) is 0.143. The van der Waals surface area contributed by atoms with Crippen LogP contribution in [-0.2, 0) is 6.61 Å². The molecule has 0 fully saturated rings. The van der Waals surface area contributed by atoms with Crippen molar-refractivity contribution in [2.45, 2.75) is 6.61 Å². The Morgan fingerprint density at radius 2 is 1.94 bits per heavy atom. The number of nitrogens with two attached hydrogens (primary N) is 1. The standard InChI is InChI=1S/C14H14FNO2/c1-17-13-6-5-12(16)8-14(13)18-9-10-3-2-4-11(15)7-10/h2-8H,9,16H2,1H3. The van der Waals surface area contributed by atoms with Gasteiger partial charge in [-0.1, -0.05) is 12.1 Å². The zero-order valence-electron chi connectivity index (χ0n) is 10.0. The van der Waals surface area contributed by atoms with E-state index in [1.54, 1.807) is 37.4 Å². The van der Waals surface area contributed by atoms with Gasteiger partial charge >= 0.3 is 0 Å². The Morgan fingerprint density at radius 1 is 1.11 bits per heavy atom. The average molecular weight is 247 g/mol. The first-order chi connectivity index (χ1) is 8.69. The predicted octanol–water partition coefficient (Wildman–Crippen LogP) is 3.00. The smallest absolute Gasteiger partial charge is 0.163 e. The Morgan fingerprint density at radius 3 is 2.67 bits per heavy atom. The Bertz CT molecular complexity index is 543. The first-order valence-corrected chi connectivity index (χ1v) is 5.50. The summed E-state index contributed by atoms with van der Waals surface area (Å²) in [5.74, 6) is 0.859. The minimum Gasteiger partial charge on any atom is -0.493 e. The zero-order valence-corrected chi connectivity index (χ0v) is 10.0. The first kappa shape index (κ1) is 12.2. The molecule has 0 heterocycles. The number of ether oxygens (including phenoxy) is 2. The van der Waals surface area contributed by atoms with Crippen molar-refractivity contribution in [2.75, 3.05) is 12.8 Å². The van der Waals surface area contributed by atoms with Gasteiger partial charge in [-0.3, -0.25) is 0 Å². The lowest BCUT2D eigenvalue weighted by atomic mass is 10.2. The highest BCUT2D eigenvalue weighted by molar-refractivity contribution is 5.51. The van der Waals surface area contributed by atoms with Gasteiger partial charge in [0.05, 0.1) is 7.11 Å². The second-order valence-corrected chi connectivity index (χ2v) is 3.83. The summed E-state index contributed by atoms with van der Waals surface area (Å²) in [6.07, 6.45) is 0. The topological polar surface area (TPSA) is 44.5 Å². The van der Waals surface area contributed by atoms with Crippen LogP contribution in [0.5, 0.6) is 11.5 Å². The van der Waals surface area contributed by atoms with Gasteiger partial charge < -0.3 is 15.2 Å². The largest absolute Gasteiger partial charge is 0.493 e. The molecular weight excluding hydrogens is 233 g/mol. The molecule has 0 aliphatic carbocycles. The molecule has 2 rings (SSSR count). The second-order valence-electron chi connectivity index (χ2n) is 3.83. The van der Waals surface area contributed by atoms with E-state index in [0.29, 0.717) is 17.2 Å². The van der Waals surface area contributed by atoms with Gasteiger partial charge in [0.25, 0.3) is 0 Å². The molecule has 4 heteroatoms. The highest BCUT2D eigenvalue weighted by Gasteiger charge is 2.05. The van der Waals surface area contributed by atoms with Crippen molar-refractivity contribution >= 4 is 5.69 Å². The minimum absolute atomic E-state index is 0.261. The Hall–Kier alpha value is -2.23. The van der Waals surface area contributed by atoms with Crippen molar-refractivity contribution in [1.82, 2.24) is 0 Å². The highest BCUT2D eigenvalue weighted by atomic mass is 19.1. The summed E-state index contributed by atoms with van der Waals surface area (Å²) in [5, 5.41) is 0. The lowest BCUT2D eigenvalue weighted by molar-refractivity contribution is 0.284. The van der Waals surface area contributed by atoms with Crippen molar-refractivity contribution < 1.29 is 13.9 Å². The van der Waals surface area contributed by atoms with E-state index in [4.69, 9.17) is 15.2 Å². The van der Waals surface area contributed by atoms with E-state index in [2.05, 4.69) is 0 Å². The third kappa shape index (κ3) is 2.91. The summed E-state index contributed by atoms with van der Waals surface area (Å²) >= 11 is 0. The minimum atomic E-state index is -0.282. The molecule has 0 amide bonds. The molecule has 0 aromatic heterocycles. The monoisotopic (exact) mass is 247 g/mol. The molecule has 0 saturated heterocycles. The molecule has 2 aromatic rings. The highest BCUT2D eigenvalue weighted by Crippen LogP contribution is 2.29. The number of rotatable bonds is 4. The van der Waals surface area contributed by atoms with E-state index in [-0.39, 0.29) is 12.4 Å². The van der Waals surface area contributed by atoms with Crippen molar-refractivity contribution in [2.24, 2.45) is 0 Å². The van der Waals surface area contributed by atoms with Crippen LogP contribution in [0.15, 0.2) is 42.5 Å². The fourth-order valence-electron chi connectivity index (χ4n) is 1.59. The van der Waals surface area contributed by atoms with Gasteiger partial charge in [-0.25, -0.2) is 4.39 Å². The van der Waals surface area contributed by atoms with Crippen LogP contribution < -0.4 is 15.2 Å². The maximum atomic E-state index is 13.0. The van der Waals surface area contributed by atoms with Crippen LogP contribution in [0.1, 0.15) is 5.56 Å². The molecule has 0 aliphatic heterocycles. The Balaban J connectivity index is 2.12. The molecule has 0 bridgehead atoms. The number of hydrogen-bond donors (Lipinski definition) is 1. The number of nitrogen functional groups attached to an aromatic ring is 1. The molecule has 18 heavy (non-hydrogen) atoms. The van der Waals surface area contributed by atoms with Crippen LogP contribution in [0.2, 0.25) is 0 Å². The summed E-state index contributed by atoms with van der Waals surface area (Å²) in [6.45, 7) is 0.261. The molecule has 2 aromatic carbocycles. The van der Waals surface area contributed by atoms with Crippen LogP contribution in [0, 0.1) is 5.82 Å². The van der Waals surface area contributed by atoms with Crippen molar-refractivity contribution in [1.29, 1.82) is 0 Å². The van der Waals surface area contributed by atoms with Gasteiger partial charge in [-0.2, -0.15) is 0 Å². The summed E-state index contributed by atoms with van der Waals surface area (Å²) in [4.78, 5) is 0. The van der Waals surface area contributed by atoms with E-state index in [9.17, 15) is 4.39 Å². The van der Waals surface area contributed by atoms with Crippen LogP contribution in [0.3, 0.4) is 0 Å². The zero-order chi connectivity index (χ0) is 13.0. The fourth-order valence-corrected chi connectivity index (χ4v) is 1.59. The van der Waals surface area contributed by atoms with Crippen LogP contribution >= 0.6 is 0 Å². The van der Waals surface area contributed by atoms with Crippen LogP contribution in [-0.4, -0.2) is 7.11 Å². The van der Waals surface area contributed by atoms with Gasteiger partial charge in [0.1, 0.15) is 12.4 Å². The van der Waals surface area contributed by atoms with E-state index >= 15 is 0 Å². The van der Waals surface area contributed by atoms with Gasteiger partial charge in [-0.15, -0.1) is 0 Å². The molecule has 0 unspecified atom stereocenters. The van der Waals surface area contributed by atoms with E-state index in [1.807, 2.05) is 0 Å². The van der Waals surface area contributed by atoms with Crippen molar-refractivity contribution in [3.63, 3.8) is 0 Å². The lowest BCUT2D eigenvalue weighted by Crippen LogP contribution is -1.99. The molecule has 94 valence electrons. The number of hydrogen-bond acceptors (Lipinski definition) is 3. The van der Waals surface area contributed by atoms with Crippen LogP contribution in [0.4, 0.5) is 10.1 Å². The summed E-state index contributed by atoms with van der Waals surface area (Å²) in [6, 6.07) is 11.4. The molecule has 3 nitrogen and oxygen atoms in total. The molecule has 2 N–H and O–H groups in total. The maximum Gasteiger partial charge on any atom is 0.163 e. The van der Waals surface area contributed by atoms with E-state index in [1.165, 1.54) is 12.1 Å². The number of halogens is 1. The normalized spacial score (nSPS) is 10.1. The molecule has 0 spiro atoms. The van der Waals surface area contributed by atoms with E-state index < -0.39 is 0 Å². The van der Waals surface area contributed by atoms with Crippen molar-refractivity contribution in [3.8, 4) is 11.5 Å². The quantitative estimate of drug-likeness (QED) is 0.845. The number of anilines is 1. The van der Waals surface area contributed by atoms with Crippen LogP contribution in [0.25, 0.3) is 0 Å². The Kier molecular flexibility index (Phi) is 3.67. The molecule has 0 atom stereocenters. The lowest BCUT2D eigenvalue weighted by Gasteiger charge is -2.11. The number of methoxy groups -OCH3 is 1. The molecule has 0 aliphatic rings. The SMILES string of the molecule is COc1ccc(N)cc1OCc1cccc(F)c1.